The molecule has 1 aromatic carbocycles. The lowest BCUT2D eigenvalue weighted by Crippen LogP contribution is -2.31. The third kappa shape index (κ3) is 2.58. The average molecular weight is 291 g/mol. The summed E-state index contributed by atoms with van der Waals surface area (Å²) in [6, 6.07) is 9.84. The Balaban J connectivity index is 1.71. The van der Waals surface area contributed by atoms with Gasteiger partial charge in [0.15, 0.2) is 11.5 Å². The quantitative estimate of drug-likeness (QED) is 0.601. The van der Waals surface area contributed by atoms with Crippen LogP contribution in [0.1, 0.15) is 11.3 Å². The maximum Gasteiger partial charge on any atom is 0.197 e. The van der Waals surface area contributed by atoms with Gasteiger partial charge in [-0.05, 0) is 23.8 Å². The van der Waals surface area contributed by atoms with Gasteiger partial charge in [-0.3, -0.25) is 0 Å². The number of anilines is 1. The number of aromatic nitrogens is 1. The largest absolute Gasteiger partial charge is 0.497 e. The number of amidine groups is 1. The molecule has 5 nitrogen and oxygen atoms in total. The first-order valence-corrected chi connectivity index (χ1v) is 6.73. The summed E-state index contributed by atoms with van der Waals surface area (Å²) in [5.41, 5.74) is 2.58. The molecule has 0 aliphatic carbocycles. The minimum absolute atomic E-state index is 0.448. The van der Waals surface area contributed by atoms with Crippen LogP contribution in [0, 0.1) is 0 Å². The van der Waals surface area contributed by atoms with Gasteiger partial charge in [0.1, 0.15) is 11.4 Å². The van der Waals surface area contributed by atoms with Gasteiger partial charge in [0, 0.05) is 12.7 Å². The number of benzene rings is 1. The number of halogens is 1. The number of rotatable bonds is 3. The van der Waals surface area contributed by atoms with Crippen LogP contribution in [-0.4, -0.2) is 23.6 Å². The Morgan fingerprint density at radius 3 is 2.85 bits per heavy atom. The molecule has 0 saturated heterocycles. The fourth-order valence-corrected chi connectivity index (χ4v) is 2.30. The Labute approximate surface area is 122 Å². The van der Waals surface area contributed by atoms with Gasteiger partial charge in [0.2, 0.25) is 0 Å². The van der Waals surface area contributed by atoms with Crippen molar-refractivity contribution >= 4 is 23.1 Å². The Hall–Kier alpha value is -2.14. The number of methoxy groups -OCH3 is 1. The van der Waals surface area contributed by atoms with E-state index in [9.17, 15) is 0 Å². The highest BCUT2D eigenvalue weighted by molar-refractivity contribution is 6.23. The second-order valence-electron chi connectivity index (χ2n) is 4.43. The van der Waals surface area contributed by atoms with Gasteiger partial charge >= 0.3 is 0 Å². The molecule has 0 bridgehead atoms. The Morgan fingerprint density at radius 2 is 2.10 bits per heavy atom. The molecule has 104 valence electrons. The Morgan fingerprint density at radius 1 is 1.30 bits per heavy atom. The van der Waals surface area contributed by atoms with Crippen molar-refractivity contribution in [2.75, 3.05) is 12.4 Å². The Kier molecular flexibility index (Phi) is 3.52. The lowest BCUT2D eigenvalue weighted by atomic mass is 10.2. The zero-order valence-corrected chi connectivity index (χ0v) is 11.7. The molecule has 1 aromatic heterocycles. The average Bonchev–Trinajstić information content (AvgIpc) is 2.93. The summed E-state index contributed by atoms with van der Waals surface area (Å²) in [4.78, 5) is 7.50. The van der Waals surface area contributed by atoms with Crippen LogP contribution in [0.25, 0.3) is 0 Å². The van der Waals surface area contributed by atoms with Crippen LogP contribution in [0.3, 0.4) is 0 Å². The number of hydrogen-bond donors (Lipinski definition) is 3. The van der Waals surface area contributed by atoms with E-state index in [0.29, 0.717) is 6.54 Å². The third-order valence-electron chi connectivity index (χ3n) is 3.12. The lowest BCUT2D eigenvalue weighted by Gasteiger charge is -2.19. The molecule has 2 heterocycles. The number of alkyl halides is 1. The summed E-state index contributed by atoms with van der Waals surface area (Å²) in [5, 5.41) is 6.37. The van der Waals surface area contributed by atoms with Gasteiger partial charge in [-0.15, -0.1) is 0 Å². The van der Waals surface area contributed by atoms with E-state index >= 15 is 0 Å². The van der Waals surface area contributed by atoms with Gasteiger partial charge in [-0.25, -0.2) is 4.99 Å². The van der Waals surface area contributed by atoms with Crippen LogP contribution in [0.5, 0.6) is 5.75 Å². The fourth-order valence-electron chi connectivity index (χ4n) is 2.09. The van der Waals surface area contributed by atoms with Gasteiger partial charge < -0.3 is 20.4 Å². The van der Waals surface area contributed by atoms with Crippen LogP contribution >= 0.6 is 11.6 Å². The fraction of sp³-hybridized carbons (Fsp3) is 0.214. The summed E-state index contributed by atoms with van der Waals surface area (Å²) in [7, 11) is 1.66. The van der Waals surface area contributed by atoms with E-state index in [1.165, 1.54) is 0 Å². The minimum atomic E-state index is -0.448. The molecule has 3 rings (SSSR count). The molecule has 1 aliphatic rings. The monoisotopic (exact) mass is 290 g/mol. The van der Waals surface area contributed by atoms with E-state index in [4.69, 9.17) is 16.3 Å². The van der Waals surface area contributed by atoms with Crippen LogP contribution in [-0.2, 0) is 6.54 Å². The highest BCUT2D eigenvalue weighted by atomic mass is 35.5. The molecule has 0 radical (unpaired) electrons. The molecule has 0 saturated carbocycles. The van der Waals surface area contributed by atoms with Crippen LogP contribution in [0.2, 0.25) is 0 Å². The highest BCUT2D eigenvalue weighted by Crippen LogP contribution is 2.21. The maximum absolute atomic E-state index is 6.05. The number of hydrogen-bond acceptors (Lipinski definition) is 4. The van der Waals surface area contributed by atoms with Crippen molar-refractivity contribution in [3.05, 3.63) is 47.8 Å². The van der Waals surface area contributed by atoms with Crippen molar-refractivity contribution in [3.63, 3.8) is 0 Å². The first-order valence-electron chi connectivity index (χ1n) is 6.29. The van der Waals surface area contributed by atoms with Crippen molar-refractivity contribution in [3.8, 4) is 5.75 Å². The number of aromatic amines is 1. The Bertz CT molecular complexity index is 620. The predicted octanol–water partition coefficient (Wildman–Crippen LogP) is 2.51. The summed E-state index contributed by atoms with van der Waals surface area (Å²) < 4.78 is 5.14. The molecule has 6 heteroatoms. The zero-order chi connectivity index (χ0) is 13.9. The van der Waals surface area contributed by atoms with Crippen molar-refractivity contribution in [2.45, 2.75) is 12.2 Å². The van der Waals surface area contributed by atoms with Gasteiger partial charge in [-0.1, -0.05) is 23.7 Å². The number of aliphatic imine (C=N–C) groups is 1. The zero-order valence-electron chi connectivity index (χ0n) is 11.0. The number of nitrogens with zero attached hydrogens (tertiary/aromatic N) is 1. The summed E-state index contributed by atoms with van der Waals surface area (Å²) in [6.45, 7) is 0.672. The second kappa shape index (κ2) is 5.46. The van der Waals surface area contributed by atoms with E-state index < -0.39 is 5.62 Å². The molecule has 0 amide bonds. The van der Waals surface area contributed by atoms with E-state index in [1.54, 1.807) is 7.11 Å². The smallest absolute Gasteiger partial charge is 0.197 e. The molecule has 0 spiro atoms. The topological polar surface area (TPSA) is 61.4 Å². The minimum Gasteiger partial charge on any atom is -0.497 e. The molecule has 20 heavy (non-hydrogen) atoms. The molecular formula is C14H15ClN4O. The van der Waals surface area contributed by atoms with Crippen molar-refractivity contribution < 1.29 is 4.74 Å². The van der Waals surface area contributed by atoms with E-state index in [-0.39, 0.29) is 0 Å². The predicted molar refractivity (Wildman–Crippen MR) is 80.4 cm³/mol. The molecule has 2 aromatic rings. The number of ether oxygens (including phenoxy) is 1. The van der Waals surface area contributed by atoms with Gasteiger partial charge in [0.25, 0.3) is 0 Å². The van der Waals surface area contributed by atoms with E-state index in [2.05, 4.69) is 20.6 Å². The molecule has 1 unspecified atom stereocenters. The van der Waals surface area contributed by atoms with E-state index in [1.807, 2.05) is 36.5 Å². The lowest BCUT2D eigenvalue weighted by molar-refractivity contribution is 0.414. The van der Waals surface area contributed by atoms with Crippen molar-refractivity contribution in [1.82, 2.24) is 10.3 Å². The van der Waals surface area contributed by atoms with Crippen LogP contribution in [0.4, 0.5) is 5.69 Å². The second-order valence-corrected chi connectivity index (χ2v) is 4.84. The van der Waals surface area contributed by atoms with E-state index in [0.717, 1.165) is 28.5 Å². The number of fused-ring (bicyclic) bond motifs is 1. The summed E-state index contributed by atoms with van der Waals surface area (Å²) in [6.07, 6.45) is 1.86. The normalized spacial score (nSPS) is 16.9. The molecular weight excluding hydrogens is 276 g/mol. The summed E-state index contributed by atoms with van der Waals surface area (Å²) in [5.74, 6) is 1.61. The first-order chi connectivity index (χ1) is 9.76. The number of nitrogens with one attached hydrogen (secondary N) is 3. The standard InChI is InChI=1S/C14H15ClN4O/c1-20-10-4-2-9(3-5-10)8-17-13-12-11(6-7-16-12)18-14(15)19-13/h2-7,14,16,18H,8H2,1H3,(H,17,19). The summed E-state index contributed by atoms with van der Waals surface area (Å²) >= 11 is 6.05. The third-order valence-corrected chi connectivity index (χ3v) is 3.33. The van der Waals surface area contributed by atoms with Crippen molar-refractivity contribution in [2.24, 2.45) is 4.99 Å². The van der Waals surface area contributed by atoms with Crippen LogP contribution < -0.4 is 15.4 Å². The maximum atomic E-state index is 6.05. The SMILES string of the molecule is COc1ccc(CNC2=NC(Cl)Nc3cc[nH]c32)cc1. The number of H-pyrrole nitrogens is 1. The molecule has 1 atom stereocenters. The molecule has 1 aliphatic heterocycles. The highest BCUT2D eigenvalue weighted by Gasteiger charge is 2.19. The first kappa shape index (κ1) is 12.9. The van der Waals surface area contributed by atoms with Crippen LogP contribution in [0.15, 0.2) is 41.5 Å². The van der Waals surface area contributed by atoms with Gasteiger partial charge in [0.05, 0.1) is 12.8 Å². The van der Waals surface area contributed by atoms with Crippen molar-refractivity contribution in [1.29, 1.82) is 0 Å². The molecule has 0 fully saturated rings. The molecule has 3 N–H and O–H groups in total. The van der Waals surface area contributed by atoms with Gasteiger partial charge in [-0.2, -0.15) is 0 Å².